The highest BCUT2D eigenvalue weighted by atomic mass is 35.5. The minimum atomic E-state index is -0.220. The molecule has 0 radical (unpaired) electrons. The van der Waals surface area contributed by atoms with Crippen molar-refractivity contribution in [2.75, 3.05) is 18.2 Å². The van der Waals surface area contributed by atoms with Crippen molar-refractivity contribution in [3.05, 3.63) is 47.4 Å². The number of methoxy groups -OCH3 is 1. The molecule has 2 rings (SSSR count). The summed E-state index contributed by atoms with van der Waals surface area (Å²) in [5.41, 5.74) is 1.98. The zero-order chi connectivity index (χ0) is 15.1. The zero-order valence-electron chi connectivity index (χ0n) is 11.4. The number of carbonyl (C=O) groups excluding carboxylic acids is 1. The number of carbonyl (C=O) groups is 1. The lowest BCUT2D eigenvalue weighted by atomic mass is 10.2. The molecule has 0 aliphatic heterocycles. The summed E-state index contributed by atoms with van der Waals surface area (Å²) in [5, 5.41) is 3.60. The molecule has 1 N–H and O–H groups in total. The van der Waals surface area contributed by atoms with Crippen molar-refractivity contribution in [3.8, 4) is 0 Å². The van der Waals surface area contributed by atoms with Crippen molar-refractivity contribution in [3.63, 3.8) is 0 Å². The highest BCUT2D eigenvalue weighted by Gasteiger charge is 2.04. The molecule has 0 fully saturated rings. The van der Waals surface area contributed by atoms with Gasteiger partial charge in [0.15, 0.2) is 5.82 Å². The number of hydrogen-bond donors (Lipinski definition) is 1. The summed E-state index contributed by atoms with van der Waals surface area (Å²) in [6, 6.07) is 7.85. The highest BCUT2D eigenvalue weighted by Crippen LogP contribution is 2.23. The van der Waals surface area contributed by atoms with E-state index in [1.807, 2.05) is 24.3 Å². The van der Waals surface area contributed by atoms with Gasteiger partial charge in [0.05, 0.1) is 19.1 Å². The van der Waals surface area contributed by atoms with Crippen LogP contribution in [0.4, 0.5) is 11.5 Å². The Kier molecular flexibility index (Phi) is 5.83. The molecule has 0 unspecified atom stereocenters. The second kappa shape index (κ2) is 7.85. The van der Waals surface area contributed by atoms with E-state index in [4.69, 9.17) is 11.6 Å². The van der Waals surface area contributed by atoms with Crippen LogP contribution in [0.1, 0.15) is 5.56 Å². The van der Waals surface area contributed by atoms with E-state index in [-0.39, 0.29) is 5.97 Å². The van der Waals surface area contributed by atoms with E-state index in [1.165, 1.54) is 31.4 Å². The first-order valence-corrected chi connectivity index (χ1v) is 7.68. The van der Waals surface area contributed by atoms with Crippen molar-refractivity contribution >= 4 is 40.8 Å². The molecule has 0 aliphatic rings. The van der Waals surface area contributed by atoms with Gasteiger partial charge in [-0.15, -0.1) is 11.8 Å². The quantitative estimate of drug-likeness (QED) is 0.823. The Labute approximate surface area is 132 Å². The van der Waals surface area contributed by atoms with E-state index >= 15 is 0 Å². The molecular formula is C14H14ClN3O2S. The molecule has 0 spiro atoms. The summed E-state index contributed by atoms with van der Waals surface area (Å²) in [6.07, 6.45) is 2.97. The molecule has 0 saturated heterocycles. The third-order valence-corrected chi connectivity index (χ3v) is 3.83. The Bertz CT molecular complexity index is 625. The van der Waals surface area contributed by atoms with Gasteiger partial charge in [-0.1, -0.05) is 23.7 Å². The highest BCUT2D eigenvalue weighted by molar-refractivity contribution is 7.99. The lowest BCUT2D eigenvalue weighted by Crippen LogP contribution is -2.03. The molecule has 0 aliphatic carbocycles. The fourth-order valence-corrected chi connectivity index (χ4v) is 2.55. The number of halogens is 1. The summed E-state index contributed by atoms with van der Waals surface area (Å²) in [5.74, 6) is 1.40. The van der Waals surface area contributed by atoms with Crippen LogP contribution in [-0.4, -0.2) is 28.8 Å². The predicted molar refractivity (Wildman–Crippen MR) is 84.9 cm³/mol. The van der Waals surface area contributed by atoms with Crippen molar-refractivity contribution < 1.29 is 9.53 Å². The molecule has 1 aromatic carbocycles. The Morgan fingerprint density at radius 3 is 3.10 bits per heavy atom. The van der Waals surface area contributed by atoms with Gasteiger partial charge >= 0.3 is 5.97 Å². The Balaban J connectivity index is 1.98. The molecule has 5 nitrogen and oxygen atoms in total. The van der Waals surface area contributed by atoms with Gasteiger partial charge in [-0.2, -0.15) is 0 Å². The maximum atomic E-state index is 11.1. The number of nitrogens with zero attached hydrogens (tertiary/aromatic N) is 2. The summed E-state index contributed by atoms with van der Waals surface area (Å²) < 4.78 is 4.60. The van der Waals surface area contributed by atoms with E-state index < -0.39 is 0 Å². The largest absolute Gasteiger partial charge is 0.468 e. The molecule has 2 aromatic rings. The summed E-state index contributed by atoms with van der Waals surface area (Å²) in [4.78, 5) is 19.0. The number of anilines is 2. The van der Waals surface area contributed by atoms with E-state index in [1.54, 1.807) is 0 Å². The number of rotatable bonds is 6. The molecular weight excluding hydrogens is 310 g/mol. The topological polar surface area (TPSA) is 64.1 Å². The summed E-state index contributed by atoms with van der Waals surface area (Å²) >= 11 is 7.51. The normalized spacial score (nSPS) is 10.2. The number of hydrogen-bond acceptors (Lipinski definition) is 6. The Morgan fingerprint density at radius 1 is 1.48 bits per heavy atom. The van der Waals surface area contributed by atoms with Gasteiger partial charge in [-0.3, -0.25) is 4.79 Å². The van der Waals surface area contributed by atoms with Gasteiger partial charge in [0, 0.05) is 11.4 Å². The van der Waals surface area contributed by atoms with Gasteiger partial charge in [0.25, 0.3) is 0 Å². The molecule has 1 aromatic heterocycles. The average Bonchev–Trinajstić information content (AvgIpc) is 2.50. The number of thioether (sulfide) groups is 1. The van der Waals surface area contributed by atoms with Crippen LogP contribution in [0.5, 0.6) is 0 Å². The smallest absolute Gasteiger partial charge is 0.315 e. The van der Waals surface area contributed by atoms with Crippen LogP contribution in [0.15, 0.2) is 36.8 Å². The Hall–Kier alpha value is -1.79. The summed E-state index contributed by atoms with van der Waals surface area (Å²) in [7, 11) is 1.39. The fourth-order valence-electron chi connectivity index (χ4n) is 1.59. The van der Waals surface area contributed by atoms with Crippen LogP contribution in [0.25, 0.3) is 0 Å². The minimum Gasteiger partial charge on any atom is -0.468 e. The molecule has 0 saturated carbocycles. The van der Waals surface area contributed by atoms with Crippen LogP contribution >= 0.6 is 23.4 Å². The summed E-state index contributed by atoms with van der Waals surface area (Å²) in [6.45, 7) is 0. The third-order valence-electron chi connectivity index (χ3n) is 2.57. The van der Waals surface area contributed by atoms with Crippen molar-refractivity contribution in [2.24, 2.45) is 0 Å². The minimum absolute atomic E-state index is 0.220. The first-order valence-electron chi connectivity index (χ1n) is 6.15. The number of ether oxygens (including phenoxy) is 1. The molecule has 0 atom stereocenters. The second-order valence-electron chi connectivity index (χ2n) is 4.11. The molecule has 0 bridgehead atoms. The first kappa shape index (κ1) is 15.6. The number of benzene rings is 1. The van der Waals surface area contributed by atoms with Crippen LogP contribution in [0.2, 0.25) is 5.02 Å². The molecule has 110 valence electrons. The average molecular weight is 324 g/mol. The number of nitrogens with one attached hydrogen (secondary N) is 1. The zero-order valence-corrected chi connectivity index (χ0v) is 12.9. The van der Waals surface area contributed by atoms with Gasteiger partial charge in [-0.05, 0) is 17.7 Å². The van der Waals surface area contributed by atoms with Crippen LogP contribution < -0.4 is 5.32 Å². The van der Waals surface area contributed by atoms with Gasteiger partial charge in [0.2, 0.25) is 0 Å². The molecule has 21 heavy (non-hydrogen) atoms. The molecule has 1 heterocycles. The fraction of sp³-hybridized carbons (Fsp3) is 0.214. The number of aromatic nitrogens is 2. The Morgan fingerprint density at radius 2 is 2.33 bits per heavy atom. The van der Waals surface area contributed by atoms with Gasteiger partial charge in [-0.25, -0.2) is 9.97 Å². The van der Waals surface area contributed by atoms with E-state index in [9.17, 15) is 4.79 Å². The maximum absolute atomic E-state index is 11.1. The van der Waals surface area contributed by atoms with Crippen molar-refractivity contribution in [1.82, 2.24) is 9.97 Å². The van der Waals surface area contributed by atoms with Crippen LogP contribution in [0, 0.1) is 0 Å². The van der Waals surface area contributed by atoms with Crippen molar-refractivity contribution in [1.29, 1.82) is 0 Å². The maximum Gasteiger partial charge on any atom is 0.315 e. The van der Waals surface area contributed by atoms with E-state index in [2.05, 4.69) is 20.0 Å². The van der Waals surface area contributed by atoms with E-state index in [0.717, 1.165) is 17.0 Å². The third kappa shape index (κ3) is 4.91. The second-order valence-corrected chi connectivity index (χ2v) is 5.51. The molecule has 0 amide bonds. The van der Waals surface area contributed by atoms with Gasteiger partial charge in [0.1, 0.15) is 11.3 Å². The number of esters is 1. The molecule has 7 heteroatoms. The van der Waals surface area contributed by atoms with Gasteiger partial charge < -0.3 is 10.1 Å². The lowest BCUT2D eigenvalue weighted by Gasteiger charge is -2.08. The predicted octanol–water partition coefficient (Wildman–Crippen LogP) is 3.28. The monoisotopic (exact) mass is 323 g/mol. The van der Waals surface area contributed by atoms with Crippen LogP contribution in [-0.2, 0) is 15.3 Å². The standard InChI is InChI=1S/C14H14ClN3O2S/c1-20-13(19)8-21-7-10-3-2-4-11(5-10)18-14-12(15)6-16-9-17-14/h2-6,9H,7-8H2,1H3,(H,16,17,18). The van der Waals surface area contributed by atoms with E-state index in [0.29, 0.717) is 16.6 Å². The van der Waals surface area contributed by atoms with Crippen LogP contribution in [0.3, 0.4) is 0 Å². The lowest BCUT2D eigenvalue weighted by molar-refractivity contribution is -0.137. The first-order chi connectivity index (χ1) is 10.2. The SMILES string of the molecule is COC(=O)CSCc1cccc(Nc2ncncc2Cl)c1. The van der Waals surface area contributed by atoms with Crippen molar-refractivity contribution in [2.45, 2.75) is 5.75 Å².